The lowest BCUT2D eigenvalue weighted by Gasteiger charge is -2.11. The Morgan fingerprint density at radius 3 is 2.50 bits per heavy atom. The van der Waals surface area contributed by atoms with Crippen molar-refractivity contribution in [2.75, 3.05) is 26.2 Å². The molecule has 1 saturated carbocycles. The predicted octanol–water partition coefficient (Wildman–Crippen LogP) is 3.08. The first kappa shape index (κ1) is 21.5. The third-order valence-corrected chi connectivity index (χ3v) is 3.45. The van der Waals surface area contributed by atoms with E-state index in [1.165, 1.54) is 12.8 Å². The number of ether oxygens (including phenoxy) is 1. The number of rotatable bonds is 11. The van der Waals surface area contributed by atoms with Crippen LogP contribution in [0, 0.1) is 5.92 Å². The summed E-state index contributed by atoms with van der Waals surface area (Å²) in [5, 5.41) is 6.65. The van der Waals surface area contributed by atoms with E-state index in [1.807, 2.05) is 6.92 Å². The van der Waals surface area contributed by atoms with Crippen LogP contribution in [0.4, 0.5) is 0 Å². The average Bonchev–Trinajstić information content (AvgIpc) is 3.28. The molecule has 1 fully saturated rings. The summed E-state index contributed by atoms with van der Waals surface area (Å²) in [6, 6.07) is 0. The molecule has 0 radical (unpaired) electrons. The molecule has 0 unspecified atom stereocenters. The molecule has 5 nitrogen and oxygen atoms in total. The molecule has 1 aliphatic rings. The van der Waals surface area contributed by atoms with E-state index in [0.29, 0.717) is 13.0 Å². The minimum atomic E-state index is -0.0720. The van der Waals surface area contributed by atoms with Gasteiger partial charge < -0.3 is 15.4 Å². The van der Waals surface area contributed by atoms with Crippen LogP contribution in [0.3, 0.4) is 0 Å². The van der Waals surface area contributed by atoms with E-state index in [4.69, 9.17) is 4.74 Å². The number of halogens is 1. The number of hydrogen-bond acceptors (Lipinski definition) is 3. The van der Waals surface area contributed by atoms with Crippen LogP contribution in [0.15, 0.2) is 4.99 Å². The largest absolute Gasteiger partial charge is 0.466 e. The summed E-state index contributed by atoms with van der Waals surface area (Å²) in [5.41, 5.74) is 0. The molecular weight excluding hydrogens is 393 g/mol. The Labute approximate surface area is 152 Å². The van der Waals surface area contributed by atoms with E-state index < -0.39 is 0 Å². The van der Waals surface area contributed by atoms with E-state index in [9.17, 15) is 4.79 Å². The highest BCUT2D eigenvalue weighted by atomic mass is 127. The maximum atomic E-state index is 11.2. The van der Waals surface area contributed by atoms with Crippen LogP contribution < -0.4 is 10.6 Å². The SMILES string of the molecule is CCNC(=NCC1CC1)NCCCCCCC(=O)OCC.I. The van der Waals surface area contributed by atoms with Crippen LogP contribution in [-0.4, -0.2) is 38.2 Å². The third kappa shape index (κ3) is 12.1. The molecule has 0 aliphatic heterocycles. The molecule has 1 rings (SSSR count). The summed E-state index contributed by atoms with van der Waals surface area (Å²) in [5.74, 6) is 1.69. The van der Waals surface area contributed by atoms with Gasteiger partial charge in [-0.25, -0.2) is 0 Å². The van der Waals surface area contributed by atoms with Gasteiger partial charge in [-0.2, -0.15) is 0 Å². The number of carbonyl (C=O) groups is 1. The summed E-state index contributed by atoms with van der Waals surface area (Å²) in [4.78, 5) is 15.8. The lowest BCUT2D eigenvalue weighted by molar-refractivity contribution is -0.143. The van der Waals surface area contributed by atoms with Crippen LogP contribution in [0.25, 0.3) is 0 Å². The van der Waals surface area contributed by atoms with E-state index in [2.05, 4.69) is 22.5 Å². The molecule has 6 heteroatoms. The lowest BCUT2D eigenvalue weighted by Crippen LogP contribution is -2.37. The monoisotopic (exact) mass is 425 g/mol. The number of unbranched alkanes of at least 4 members (excludes halogenated alkanes) is 3. The minimum Gasteiger partial charge on any atom is -0.466 e. The van der Waals surface area contributed by atoms with Gasteiger partial charge in [0.25, 0.3) is 0 Å². The van der Waals surface area contributed by atoms with Gasteiger partial charge in [-0.05, 0) is 45.4 Å². The van der Waals surface area contributed by atoms with Gasteiger partial charge in [-0.15, -0.1) is 24.0 Å². The van der Waals surface area contributed by atoms with Crippen molar-refractivity contribution in [2.24, 2.45) is 10.9 Å². The van der Waals surface area contributed by atoms with Crippen molar-refractivity contribution in [3.05, 3.63) is 0 Å². The zero-order valence-electron chi connectivity index (χ0n) is 14.0. The van der Waals surface area contributed by atoms with Crippen molar-refractivity contribution in [1.29, 1.82) is 0 Å². The molecule has 0 spiro atoms. The molecule has 2 N–H and O–H groups in total. The first-order valence-electron chi connectivity index (χ1n) is 8.44. The number of carbonyl (C=O) groups excluding carboxylic acids is 1. The molecule has 0 bridgehead atoms. The predicted molar refractivity (Wildman–Crippen MR) is 102 cm³/mol. The Balaban J connectivity index is 0.00000441. The molecule has 0 heterocycles. The molecule has 0 aromatic heterocycles. The van der Waals surface area contributed by atoms with Gasteiger partial charge in [-0.3, -0.25) is 9.79 Å². The third-order valence-electron chi connectivity index (χ3n) is 3.45. The fourth-order valence-electron chi connectivity index (χ4n) is 2.05. The van der Waals surface area contributed by atoms with Gasteiger partial charge in [0, 0.05) is 26.1 Å². The first-order valence-corrected chi connectivity index (χ1v) is 8.44. The maximum absolute atomic E-state index is 11.2. The van der Waals surface area contributed by atoms with Gasteiger partial charge in [0.05, 0.1) is 6.61 Å². The zero-order valence-corrected chi connectivity index (χ0v) is 16.4. The Morgan fingerprint density at radius 1 is 1.14 bits per heavy atom. The second kappa shape index (κ2) is 14.1. The number of guanidine groups is 1. The van der Waals surface area contributed by atoms with E-state index >= 15 is 0 Å². The molecule has 130 valence electrons. The average molecular weight is 425 g/mol. The maximum Gasteiger partial charge on any atom is 0.305 e. The van der Waals surface area contributed by atoms with E-state index in [-0.39, 0.29) is 29.9 Å². The van der Waals surface area contributed by atoms with Crippen molar-refractivity contribution in [1.82, 2.24) is 10.6 Å². The van der Waals surface area contributed by atoms with Crippen molar-refractivity contribution in [3.8, 4) is 0 Å². The van der Waals surface area contributed by atoms with Crippen molar-refractivity contribution < 1.29 is 9.53 Å². The summed E-state index contributed by atoms with van der Waals surface area (Å²) in [6.07, 6.45) is 7.47. The highest BCUT2D eigenvalue weighted by Gasteiger charge is 2.20. The summed E-state index contributed by atoms with van der Waals surface area (Å²) in [6.45, 7) is 7.21. The minimum absolute atomic E-state index is 0. The van der Waals surface area contributed by atoms with Crippen LogP contribution in [0.5, 0.6) is 0 Å². The quantitative estimate of drug-likeness (QED) is 0.176. The first-order chi connectivity index (χ1) is 10.3. The van der Waals surface area contributed by atoms with Crippen LogP contribution >= 0.6 is 24.0 Å². The molecule has 0 atom stereocenters. The highest BCUT2D eigenvalue weighted by molar-refractivity contribution is 14.0. The van der Waals surface area contributed by atoms with Crippen molar-refractivity contribution >= 4 is 35.9 Å². The Kier molecular flexibility index (Phi) is 13.7. The van der Waals surface area contributed by atoms with Crippen LogP contribution in [-0.2, 0) is 9.53 Å². The topological polar surface area (TPSA) is 62.7 Å². The molecular formula is C16H32IN3O2. The van der Waals surface area contributed by atoms with Gasteiger partial charge in [-0.1, -0.05) is 12.8 Å². The fraction of sp³-hybridized carbons (Fsp3) is 0.875. The van der Waals surface area contributed by atoms with Crippen LogP contribution in [0.1, 0.15) is 58.8 Å². The normalized spacial score (nSPS) is 14.2. The van der Waals surface area contributed by atoms with E-state index in [0.717, 1.165) is 57.2 Å². The molecule has 0 amide bonds. The second-order valence-corrected chi connectivity index (χ2v) is 5.56. The summed E-state index contributed by atoms with van der Waals surface area (Å²) in [7, 11) is 0. The zero-order chi connectivity index (χ0) is 15.3. The van der Waals surface area contributed by atoms with Crippen molar-refractivity contribution in [2.45, 2.75) is 58.8 Å². The van der Waals surface area contributed by atoms with Gasteiger partial charge >= 0.3 is 5.97 Å². The Bertz CT molecular complexity index is 321. The number of nitrogens with zero attached hydrogens (tertiary/aromatic N) is 1. The molecule has 0 saturated heterocycles. The van der Waals surface area contributed by atoms with Crippen LogP contribution in [0.2, 0.25) is 0 Å². The number of nitrogens with one attached hydrogen (secondary N) is 2. The summed E-state index contributed by atoms with van der Waals surface area (Å²) < 4.78 is 4.90. The molecule has 0 aromatic rings. The molecule has 1 aliphatic carbocycles. The number of aliphatic imine (C=N–C) groups is 1. The molecule has 0 aromatic carbocycles. The number of esters is 1. The van der Waals surface area contributed by atoms with Gasteiger partial charge in [0.15, 0.2) is 5.96 Å². The van der Waals surface area contributed by atoms with Gasteiger partial charge in [0.1, 0.15) is 0 Å². The highest BCUT2D eigenvalue weighted by Crippen LogP contribution is 2.28. The second-order valence-electron chi connectivity index (χ2n) is 5.56. The standard InChI is InChI=1S/C16H31N3O2.HI/c1-3-17-16(19-13-14-10-11-14)18-12-8-6-5-7-9-15(20)21-4-2;/h14H,3-13H2,1-2H3,(H2,17,18,19);1H. The molecule has 22 heavy (non-hydrogen) atoms. The smallest absolute Gasteiger partial charge is 0.305 e. The summed E-state index contributed by atoms with van der Waals surface area (Å²) >= 11 is 0. The number of hydrogen-bond donors (Lipinski definition) is 2. The van der Waals surface area contributed by atoms with E-state index in [1.54, 1.807) is 0 Å². The Morgan fingerprint density at radius 2 is 1.86 bits per heavy atom. The van der Waals surface area contributed by atoms with Gasteiger partial charge in [0.2, 0.25) is 0 Å². The fourth-order valence-corrected chi connectivity index (χ4v) is 2.05. The Hall–Kier alpha value is -0.530. The lowest BCUT2D eigenvalue weighted by atomic mass is 10.1. The van der Waals surface area contributed by atoms with Crippen molar-refractivity contribution in [3.63, 3.8) is 0 Å².